The van der Waals surface area contributed by atoms with Crippen LogP contribution in [0.3, 0.4) is 0 Å². The molecule has 0 heterocycles. The SMILES string of the molecule is CNC(Cc1ccccc1)c1ccc(Cl)cc1. The molecule has 0 radical (unpaired) electrons. The summed E-state index contributed by atoms with van der Waals surface area (Å²) in [5.41, 5.74) is 2.60. The van der Waals surface area contributed by atoms with Gasteiger partial charge in [-0.2, -0.15) is 0 Å². The first-order valence-electron chi connectivity index (χ1n) is 5.76. The van der Waals surface area contributed by atoms with Crippen LogP contribution < -0.4 is 5.32 Å². The minimum Gasteiger partial charge on any atom is -0.313 e. The molecular formula is C15H16ClN. The molecule has 2 heteroatoms. The second-order valence-electron chi connectivity index (χ2n) is 4.08. The zero-order valence-corrected chi connectivity index (χ0v) is 10.6. The monoisotopic (exact) mass is 245 g/mol. The van der Waals surface area contributed by atoms with E-state index in [1.165, 1.54) is 11.1 Å². The van der Waals surface area contributed by atoms with E-state index in [4.69, 9.17) is 11.6 Å². The van der Waals surface area contributed by atoms with Crippen LogP contribution in [0, 0.1) is 0 Å². The molecule has 0 spiro atoms. The van der Waals surface area contributed by atoms with Crippen molar-refractivity contribution in [3.05, 3.63) is 70.7 Å². The Hall–Kier alpha value is -1.31. The quantitative estimate of drug-likeness (QED) is 0.863. The average molecular weight is 246 g/mol. The molecule has 17 heavy (non-hydrogen) atoms. The van der Waals surface area contributed by atoms with Crippen molar-refractivity contribution in [1.82, 2.24) is 5.32 Å². The molecule has 2 aromatic rings. The second kappa shape index (κ2) is 5.85. The highest BCUT2D eigenvalue weighted by molar-refractivity contribution is 6.30. The Kier molecular flexibility index (Phi) is 4.18. The van der Waals surface area contributed by atoms with Gasteiger partial charge in [-0.25, -0.2) is 0 Å². The summed E-state index contributed by atoms with van der Waals surface area (Å²) in [5, 5.41) is 4.12. The number of hydrogen-bond acceptors (Lipinski definition) is 1. The summed E-state index contributed by atoms with van der Waals surface area (Å²) in [6.07, 6.45) is 0.985. The summed E-state index contributed by atoms with van der Waals surface area (Å²) in [6, 6.07) is 18.8. The largest absolute Gasteiger partial charge is 0.313 e. The highest BCUT2D eigenvalue weighted by Crippen LogP contribution is 2.20. The standard InChI is InChI=1S/C15H16ClN/c1-17-15(11-12-5-3-2-4-6-12)13-7-9-14(16)10-8-13/h2-10,15,17H,11H2,1H3. The van der Waals surface area contributed by atoms with Crippen LogP contribution in [0.15, 0.2) is 54.6 Å². The molecule has 0 saturated carbocycles. The van der Waals surface area contributed by atoms with Crippen LogP contribution in [0.4, 0.5) is 0 Å². The Morgan fingerprint density at radius 2 is 1.65 bits per heavy atom. The van der Waals surface area contributed by atoms with Crippen LogP contribution in [0.1, 0.15) is 17.2 Å². The fourth-order valence-electron chi connectivity index (χ4n) is 1.93. The van der Waals surface area contributed by atoms with Crippen LogP contribution in [-0.4, -0.2) is 7.05 Å². The molecule has 0 aliphatic carbocycles. The number of benzene rings is 2. The summed E-state index contributed by atoms with van der Waals surface area (Å²) in [7, 11) is 1.99. The molecule has 0 aliphatic rings. The number of hydrogen-bond donors (Lipinski definition) is 1. The van der Waals surface area contributed by atoms with E-state index < -0.39 is 0 Å². The predicted octanol–water partition coefficient (Wildman–Crippen LogP) is 3.84. The molecule has 1 atom stereocenters. The first kappa shape index (κ1) is 12.2. The average Bonchev–Trinajstić information content (AvgIpc) is 2.38. The summed E-state index contributed by atoms with van der Waals surface area (Å²) in [4.78, 5) is 0. The first-order valence-corrected chi connectivity index (χ1v) is 6.14. The van der Waals surface area contributed by atoms with Gasteiger partial charge in [0.15, 0.2) is 0 Å². The van der Waals surface area contributed by atoms with Crippen molar-refractivity contribution < 1.29 is 0 Å². The minimum atomic E-state index is 0.328. The molecule has 2 rings (SSSR count). The Morgan fingerprint density at radius 1 is 1.00 bits per heavy atom. The third-order valence-electron chi connectivity index (χ3n) is 2.90. The molecule has 0 amide bonds. The van der Waals surface area contributed by atoms with Gasteiger partial charge in [0.25, 0.3) is 0 Å². The molecule has 1 unspecified atom stereocenters. The summed E-state index contributed by atoms with van der Waals surface area (Å²) < 4.78 is 0. The van der Waals surface area contributed by atoms with Gasteiger partial charge in [0, 0.05) is 11.1 Å². The third kappa shape index (κ3) is 3.32. The number of nitrogens with one attached hydrogen (secondary N) is 1. The lowest BCUT2D eigenvalue weighted by atomic mass is 9.99. The summed E-state index contributed by atoms with van der Waals surface area (Å²) in [5.74, 6) is 0. The van der Waals surface area contributed by atoms with Crippen molar-refractivity contribution in [1.29, 1.82) is 0 Å². The zero-order chi connectivity index (χ0) is 12.1. The van der Waals surface area contributed by atoms with Crippen molar-refractivity contribution in [3.8, 4) is 0 Å². The summed E-state index contributed by atoms with van der Waals surface area (Å²) in [6.45, 7) is 0. The smallest absolute Gasteiger partial charge is 0.0406 e. The van der Waals surface area contributed by atoms with E-state index in [1.807, 2.05) is 25.2 Å². The van der Waals surface area contributed by atoms with Gasteiger partial charge in [0.05, 0.1) is 0 Å². The first-order chi connectivity index (χ1) is 8.29. The van der Waals surface area contributed by atoms with Gasteiger partial charge in [-0.15, -0.1) is 0 Å². The second-order valence-corrected chi connectivity index (χ2v) is 4.52. The van der Waals surface area contributed by atoms with Crippen molar-refractivity contribution in [2.45, 2.75) is 12.5 Å². The van der Waals surface area contributed by atoms with Crippen molar-refractivity contribution in [2.75, 3.05) is 7.05 Å². The predicted molar refractivity (Wildman–Crippen MR) is 73.4 cm³/mol. The van der Waals surface area contributed by atoms with E-state index in [2.05, 4.69) is 41.7 Å². The molecule has 1 nitrogen and oxygen atoms in total. The van der Waals surface area contributed by atoms with Crippen molar-refractivity contribution >= 4 is 11.6 Å². The van der Waals surface area contributed by atoms with E-state index >= 15 is 0 Å². The van der Waals surface area contributed by atoms with Gasteiger partial charge in [-0.1, -0.05) is 54.1 Å². The van der Waals surface area contributed by atoms with Gasteiger partial charge in [0.1, 0.15) is 0 Å². The maximum Gasteiger partial charge on any atom is 0.0406 e. The molecule has 1 N–H and O–H groups in total. The molecule has 0 saturated heterocycles. The van der Waals surface area contributed by atoms with Gasteiger partial charge < -0.3 is 5.32 Å². The van der Waals surface area contributed by atoms with Crippen LogP contribution >= 0.6 is 11.6 Å². The van der Waals surface area contributed by atoms with E-state index in [-0.39, 0.29) is 0 Å². The Balaban J connectivity index is 2.14. The van der Waals surface area contributed by atoms with Crippen molar-refractivity contribution in [2.24, 2.45) is 0 Å². The van der Waals surface area contributed by atoms with Crippen LogP contribution in [0.2, 0.25) is 5.02 Å². The molecular weight excluding hydrogens is 230 g/mol. The highest BCUT2D eigenvalue weighted by Gasteiger charge is 2.09. The fourth-order valence-corrected chi connectivity index (χ4v) is 2.06. The third-order valence-corrected chi connectivity index (χ3v) is 3.16. The molecule has 0 aromatic heterocycles. The molecule has 0 fully saturated rings. The van der Waals surface area contributed by atoms with E-state index in [9.17, 15) is 0 Å². The van der Waals surface area contributed by atoms with Crippen LogP contribution in [-0.2, 0) is 6.42 Å². The Morgan fingerprint density at radius 3 is 2.24 bits per heavy atom. The zero-order valence-electron chi connectivity index (χ0n) is 9.86. The van der Waals surface area contributed by atoms with E-state index in [1.54, 1.807) is 0 Å². The lowest BCUT2D eigenvalue weighted by Gasteiger charge is -2.16. The molecule has 0 aliphatic heterocycles. The maximum absolute atomic E-state index is 5.90. The van der Waals surface area contributed by atoms with Gasteiger partial charge in [0.2, 0.25) is 0 Å². The topological polar surface area (TPSA) is 12.0 Å². The maximum atomic E-state index is 5.90. The van der Waals surface area contributed by atoms with Gasteiger partial charge in [-0.05, 0) is 36.7 Å². The number of rotatable bonds is 4. The number of likely N-dealkylation sites (N-methyl/N-ethyl adjacent to an activating group) is 1. The van der Waals surface area contributed by atoms with E-state index in [0.717, 1.165) is 11.4 Å². The minimum absolute atomic E-state index is 0.328. The lowest BCUT2D eigenvalue weighted by molar-refractivity contribution is 0.592. The number of halogens is 1. The Bertz CT molecular complexity index is 450. The Labute approximate surface area is 107 Å². The fraction of sp³-hybridized carbons (Fsp3) is 0.200. The van der Waals surface area contributed by atoms with Crippen LogP contribution in [0.5, 0.6) is 0 Å². The highest BCUT2D eigenvalue weighted by atomic mass is 35.5. The lowest BCUT2D eigenvalue weighted by Crippen LogP contribution is -2.18. The van der Waals surface area contributed by atoms with E-state index in [0.29, 0.717) is 6.04 Å². The molecule has 0 bridgehead atoms. The molecule has 88 valence electrons. The van der Waals surface area contributed by atoms with Gasteiger partial charge in [-0.3, -0.25) is 0 Å². The van der Waals surface area contributed by atoms with Crippen molar-refractivity contribution in [3.63, 3.8) is 0 Å². The summed E-state index contributed by atoms with van der Waals surface area (Å²) >= 11 is 5.90. The molecule has 2 aromatic carbocycles. The van der Waals surface area contributed by atoms with Gasteiger partial charge >= 0.3 is 0 Å². The normalized spacial score (nSPS) is 12.4. The van der Waals surface area contributed by atoms with Crippen LogP contribution in [0.25, 0.3) is 0 Å².